The molecule has 0 unspecified atom stereocenters. The van der Waals surface area contributed by atoms with Gasteiger partial charge in [-0.3, -0.25) is 9.59 Å². The van der Waals surface area contributed by atoms with E-state index < -0.39 is 0 Å². The maximum Gasteiger partial charge on any atom is 0.257 e. The van der Waals surface area contributed by atoms with Crippen LogP contribution in [0.5, 0.6) is 5.75 Å². The van der Waals surface area contributed by atoms with Crippen LogP contribution in [0.4, 0.5) is 0 Å². The summed E-state index contributed by atoms with van der Waals surface area (Å²) in [7, 11) is 0. The van der Waals surface area contributed by atoms with E-state index in [0.29, 0.717) is 36.8 Å². The fourth-order valence-corrected chi connectivity index (χ4v) is 4.88. The molecule has 1 atom stereocenters. The second-order valence-electron chi connectivity index (χ2n) is 9.96. The highest BCUT2D eigenvalue weighted by atomic mass is 16.5. The molecule has 1 aliphatic carbocycles. The van der Waals surface area contributed by atoms with Gasteiger partial charge in [0, 0.05) is 26.1 Å². The summed E-state index contributed by atoms with van der Waals surface area (Å²) in [4.78, 5) is 30.5. The lowest BCUT2D eigenvalue weighted by Gasteiger charge is -2.34. The predicted molar refractivity (Wildman–Crippen MR) is 129 cm³/mol. The summed E-state index contributed by atoms with van der Waals surface area (Å²) < 4.78 is 6.27. The smallest absolute Gasteiger partial charge is 0.257 e. The van der Waals surface area contributed by atoms with Crippen molar-refractivity contribution in [3.63, 3.8) is 0 Å². The molecule has 0 N–H and O–H groups in total. The van der Waals surface area contributed by atoms with Gasteiger partial charge >= 0.3 is 0 Å². The van der Waals surface area contributed by atoms with Crippen LogP contribution in [0.15, 0.2) is 24.3 Å². The fraction of sp³-hybridized carbons (Fsp3) is 0.704. The van der Waals surface area contributed by atoms with Gasteiger partial charge in [-0.1, -0.05) is 45.2 Å². The molecule has 5 nitrogen and oxygen atoms in total. The molecule has 0 bridgehead atoms. The summed E-state index contributed by atoms with van der Waals surface area (Å²) in [6.07, 6.45) is 9.42. The van der Waals surface area contributed by atoms with Crippen LogP contribution in [-0.4, -0.2) is 53.9 Å². The van der Waals surface area contributed by atoms with Gasteiger partial charge in [0.05, 0.1) is 11.6 Å². The van der Waals surface area contributed by atoms with Crippen LogP contribution in [0, 0.1) is 11.8 Å². The lowest BCUT2D eigenvalue weighted by Crippen LogP contribution is -2.45. The third-order valence-electron chi connectivity index (χ3n) is 7.04. The van der Waals surface area contributed by atoms with Crippen molar-refractivity contribution in [2.75, 3.05) is 26.2 Å². The summed E-state index contributed by atoms with van der Waals surface area (Å²) in [5.74, 6) is 2.16. The van der Waals surface area contributed by atoms with Gasteiger partial charge in [-0.05, 0) is 63.0 Å². The molecule has 32 heavy (non-hydrogen) atoms. The summed E-state index contributed by atoms with van der Waals surface area (Å²) in [5.41, 5.74) is 0.625. The average Bonchev–Trinajstić information content (AvgIpc) is 2.75. The maximum absolute atomic E-state index is 13.3. The molecule has 0 aromatic heterocycles. The molecule has 1 aromatic carbocycles. The van der Waals surface area contributed by atoms with Crippen LogP contribution in [-0.2, 0) is 4.79 Å². The number of carbonyl (C=O) groups is 2. The van der Waals surface area contributed by atoms with Gasteiger partial charge in [0.2, 0.25) is 5.91 Å². The minimum absolute atomic E-state index is 0.0371. The summed E-state index contributed by atoms with van der Waals surface area (Å²) in [6, 6.07) is 7.59. The molecule has 2 aliphatic rings. The SMILES string of the molecule is CCN1CCCCCN(C(=O)CCC2CCC2)[C@@H](CC(C)C)COc2ccccc2C1=O. The van der Waals surface area contributed by atoms with Crippen molar-refractivity contribution in [3.8, 4) is 5.75 Å². The Hall–Kier alpha value is -2.04. The van der Waals surface area contributed by atoms with Gasteiger partial charge in [-0.25, -0.2) is 0 Å². The molecule has 0 radical (unpaired) electrons. The molecule has 1 fully saturated rings. The number of nitrogens with zero attached hydrogens (tertiary/aromatic N) is 2. The number of fused-ring (bicyclic) bond motifs is 1. The normalized spacial score (nSPS) is 21.1. The summed E-state index contributed by atoms with van der Waals surface area (Å²) in [6.45, 7) is 9.09. The van der Waals surface area contributed by atoms with Crippen molar-refractivity contribution in [2.45, 2.75) is 84.6 Å². The molecule has 2 amide bonds. The van der Waals surface area contributed by atoms with E-state index in [1.807, 2.05) is 36.1 Å². The Bertz CT molecular complexity index is 744. The number of rotatable bonds is 6. The summed E-state index contributed by atoms with van der Waals surface area (Å²) in [5, 5.41) is 0. The number of ether oxygens (including phenoxy) is 1. The fourth-order valence-electron chi connectivity index (χ4n) is 4.88. The van der Waals surface area contributed by atoms with Gasteiger partial charge < -0.3 is 14.5 Å². The van der Waals surface area contributed by atoms with Crippen LogP contribution in [0.1, 0.15) is 88.9 Å². The molecule has 0 saturated heterocycles. The van der Waals surface area contributed by atoms with E-state index in [1.165, 1.54) is 19.3 Å². The van der Waals surface area contributed by atoms with Crippen LogP contribution >= 0.6 is 0 Å². The summed E-state index contributed by atoms with van der Waals surface area (Å²) >= 11 is 0. The average molecular weight is 443 g/mol. The van der Waals surface area contributed by atoms with Crippen molar-refractivity contribution in [1.82, 2.24) is 9.80 Å². The Kier molecular flexibility index (Phi) is 9.43. The highest BCUT2D eigenvalue weighted by Gasteiger charge is 2.28. The van der Waals surface area contributed by atoms with Gasteiger partial charge in [-0.15, -0.1) is 0 Å². The van der Waals surface area contributed by atoms with E-state index in [4.69, 9.17) is 4.74 Å². The Morgan fingerprint density at radius 3 is 2.53 bits per heavy atom. The van der Waals surface area contributed by atoms with Crippen LogP contribution in [0.25, 0.3) is 0 Å². The Balaban J connectivity index is 1.81. The number of carbonyl (C=O) groups excluding carboxylic acids is 2. The predicted octanol–water partition coefficient (Wildman–Crippen LogP) is 5.54. The van der Waals surface area contributed by atoms with Gasteiger partial charge in [-0.2, -0.15) is 0 Å². The molecule has 178 valence electrons. The van der Waals surface area contributed by atoms with Gasteiger partial charge in [0.25, 0.3) is 5.91 Å². The molecule has 0 spiro atoms. The van der Waals surface area contributed by atoms with E-state index >= 15 is 0 Å². The first-order valence-corrected chi connectivity index (χ1v) is 12.8. The standard InChI is InChI=1S/C27H42N2O3/c1-4-28-17-8-5-9-18-29(26(30)16-15-22-11-10-12-22)23(19-21(2)3)20-32-25-14-7-6-13-24(25)27(28)31/h6-7,13-14,21-23H,4-5,8-12,15-20H2,1-3H3/t23-/m0/s1. The molecule has 1 aliphatic heterocycles. The van der Waals surface area contributed by atoms with Crippen molar-refractivity contribution in [2.24, 2.45) is 11.8 Å². The monoisotopic (exact) mass is 442 g/mol. The van der Waals surface area contributed by atoms with Gasteiger partial charge in [0.1, 0.15) is 12.4 Å². The van der Waals surface area contributed by atoms with E-state index in [1.54, 1.807) is 0 Å². The third kappa shape index (κ3) is 6.73. The zero-order valence-corrected chi connectivity index (χ0v) is 20.4. The zero-order chi connectivity index (χ0) is 22.9. The van der Waals surface area contributed by atoms with Crippen molar-refractivity contribution in [1.29, 1.82) is 0 Å². The van der Waals surface area contributed by atoms with Crippen LogP contribution in [0.2, 0.25) is 0 Å². The van der Waals surface area contributed by atoms with Crippen molar-refractivity contribution < 1.29 is 14.3 Å². The third-order valence-corrected chi connectivity index (χ3v) is 7.04. The Labute approximate surface area is 194 Å². The van der Waals surface area contributed by atoms with Crippen LogP contribution in [0.3, 0.4) is 0 Å². The number of para-hydroxylation sites is 1. The lowest BCUT2D eigenvalue weighted by atomic mass is 9.82. The largest absolute Gasteiger partial charge is 0.491 e. The number of hydrogen-bond acceptors (Lipinski definition) is 3. The first kappa shape index (κ1) is 24.6. The molecular weight excluding hydrogens is 400 g/mol. The number of hydrogen-bond donors (Lipinski definition) is 0. The van der Waals surface area contributed by atoms with E-state index in [-0.39, 0.29) is 17.9 Å². The number of benzene rings is 1. The molecule has 1 saturated carbocycles. The highest BCUT2D eigenvalue weighted by Crippen LogP contribution is 2.31. The Morgan fingerprint density at radius 2 is 1.84 bits per heavy atom. The molecule has 1 heterocycles. The van der Waals surface area contributed by atoms with Crippen molar-refractivity contribution >= 4 is 11.8 Å². The quantitative estimate of drug-likeness (QED) is 0.582. The van der Waals surface area contributed by atoms with E-state index in [2.05, 4.69) is 18.7 Å². The molecule has 5 heteroatoms. The lowest BCUT2D eigenvalue weighted by molar-refractivity contribution is -0.135. The first-order chi connectivity index (χ1) is 15.5. The minimum Gasteiger partial charge on any atom is -0.491 e. The first-order valence-electron chi connectivity index (χ1n) is 12.8. The molecular formula is C27H42N2O3. The second-order valence-corrected chi connectivity index (χ2v) is 9.96. The zero-order valence-electron chi connectivity index (χ0n) is 20.4. The van der Waals surface area contributed by atoms with Crippen molar-refractivity contribution in [3.05, 3.63) is 29.8 Å². The molecule has 1 aromatic rings. The minimum atomic E-state index is 0.0371. The topological polar surface area (TPSA) is 49.9 Å². The maximum atomic E-state index is 13.3. The highest BCUT2D eigenvalue weighted by molar-refractivity contribution is 5.96. The molecule has 3 rings (SSSR count). The van der Waals surface area contributed by atoms with E-state index in [9.17, 15) is 9.59 Å². The van der Waals surface area contributed by atoms with E-state index in [0.717, 1.165) is 51.1 Å². The second kappa shape index (κ2) is 12.3. The van der Waals surface area contributed by atoms with Gasteiger partial charge in [0.15, 0.2) is 0 Å². The number of amides is 2. The Morgan fingerprint density at radius 1 is 1.09 bits per heavy atom. The van der Waals surface area contributed by atoms with Crippen LogP contribution < -0.4 is 4.74 Å².